The van der Waals surface area contributed by atoms with Crippen LogP contribution in [0, 0.1) is 13.8 Å². The lowest BCUT2D eigenvalue weighted by molar-refractivity contribution is -0.140. The molecule has 0 radical (unpaired) electrons. The number of carbonyl (C=O) groups is 2. The van der Waals surface area contributed by atoms with Gasteiger partial charge in [-0.25, -0.2) is 8.42 Å². The maximum absolute atomic E-state index is 14.2. The zero-order chi connectivity index (χ0) is 29.6. The van der Waals surface area contributed by atoms with Crippen LogP contribution in [0.5, 0.6) is 0 Å². The summed E-state index contributed by atoms with van der Waals surface area (Å²) < 4.78 is 29.1. The highest BCUT2D eigenvalue weighted by Gasteiger charge is 2.35. The third-order valence-corrected chi connectivity index (χ3v) is 9.57. The highest BCUT2D eigenvalue weighted by molar-refractivity contribution is 7.92. The van der Waals surface area contributed by atoms with Gasteiger partial charge in [-0.1, -0.05) is 79.4 Å². The topological polar surface area (TPSA) is 86.8 Å². The molecule has 0 bridgehead atoms. The fourth-order valence-corrected chi connectivity index (χ4v) is 7.15. The Hall–Kier alpha value is -3.36. The molecule has 7 nitrogen and oxygen atoms in total. The Kier molecular flexibility index (Phi) is 10.1. The van der Waals surface area contributed by atoms with Gasteiger partial charge in [-0.3, -0.25) is 13.9 Å². The van der Waals surface area contributed by atoms with E-state index in [2.05, 4.69) is 5.32 Å². The lowest BCUT2D eigenvalue weighted by atomic mass is 10.1. The molecule has 0 aliphatic heterocycles. The summed E-state index contributed by atoms with van der Waals surface area (Å²) in [4.78, 5) is 29.4. The molecule has 1 N–H and O–H groups in total. The molecular weight excluding hydrogens is 558 g/mol. The van der Waals surface area contributed by atoms with E-state index in [0.717, 1.165) is 41.1 Å². The number of sulfonamides is 1. The van der Waals surface area contributed by atoms with E-state index in [4.69, 9.17) is 11.6 Å². The lowest BCUT2D eigenvalue weighted by Crippen LogP contribution is -2.53. The lowest BCUT2D eigenvalue weighted by Gasteiger charge is -2.34. The summed E-state index contributed by atoms with van der Waals surface area (Å²) in [5.74, 6) is -0.672. The molecule has 9 heteroatoms. The fraction of sp³-hybridized carbons (Fsp3) is 0.375. The summed E-state index contributed by atoms with van der Waals surface area (Å²) in [5.41, 5.74) is 2.86. The Morgan fingerprint density at radius 1 is 0.976 bits per heavy atom. The molecule has 1 aliphatic carbocycles. The van der Waals surface area contributed by atoms with Crippen LogP contribution >= 0.6 is 11.6 Å². The van der Waals surface area contributed by atoms with Crippen LogP contribution < -0.4 is 9.62 Å². The van der Waals surface area contributed by atoms with Crippen molar-refractivity contribution < 1.29 is 18.0 Å². The first-order chi connectivity index (χ1) is 19.6. The van der Waals surface area contributed by atoms with Gasteiger partial charge in [-0.2, -0.15) is 0 Å². The Balaban J connectivity index is 1.73. The Morgan fingerprint density at radius 3 is 2.32 bits per heavy atom. The molecule has 4 rings (SSSR count). The van der Waals surface area contributed by atoms with Gasteiger partial charge >= 0.3 is 0 Å². The van der Waals surface area contributed by atoms with E-state index >= 15 is 0 Å². The normalized spacial score (nSPS) is 14.4. The van der Waals surface area contributed by atoms with Gasteiger partial charge in [0.05, 0.1) is 10.6 Å². The molecule has 0 spiro atoms. The Bertz CT molecular complexity index is 1470. The minimum Gasteiger partial charge on any atom is -0.352 e. The largest absolute Gasteiger partial charge is 0.352 e. The number of anilines is 1. The van der Waals surface area contributed by atoms with Crippen LogP contribution in [0.1, 0.15) is 55.7 Å². The maximum Gasteiger partial charge on any atom is 0.264 e. The maximum atomic E-state index is 14.2. The summed E-state index contributed by atoms with van der Waals surface area (Å²) in [6.45, 7) is 5.30. The van der Waals surface area contributed by atoms with E-state index in [1.807, 2.05) is 38.1 Å². The van der Waals surface area contributed by atoms with E-state index in [0.29, 0.717) is 22.7 Å². The van der Waals surface area contributed by atoms with Gasteiger partial charge in [0, 0.05) is 17.6 Å². The summed E-state index contributed by atoms with van der Waals surface area (Å²) >= 11 is 6.19. The quantitative estimate of drug-likeness (QED) is 0.294. The molecule has 3 aromatic rings. The zero-order valence-corrected chi connectivity index (χ0v) is 25.4. The van der Waals surface area contributed by atoms with Crippen LogP contribution in [-0.2, 0) is 26.2 Å². The van der Waals surface area contributed by atoms with Crippen molar-refractivity contribution in [1.82, 2.24) is 10.2 Å². The van der Waals surface area contributed by atoms with E-state index in [1.54, 1.807) is 43.3 Å². The zero-order valence-electron chi connectivity index (χ0n) is 23.8. The molecular formula is C32H38ClN3O4S. The average Bonchev–Trinajstić information content (AvgIpc) is 3.45. The summed E-state index contributed by atoms with van der Waals surface area (Å²) in [6, 6.07) is 20.0. The van der Waals surface area contributed by atoms with Gasteiger partial charge in [0.15, 0.2) is 0 Å². The van der Waals surface area contributed by atoms with Crippen LogP contribution in [0.3, 0.4) is 0 Å². The molecule has 1 aliphatic rings. The smallest absolute Gasteiger partial charge is 0.264 e. The SMILES string of the molecule is CC[C@@H](C(=O)NC1CCCC1)N(Cc1cccc(C)c1)C(=O)CN(c1ccc(Cl)cc1C)S(=O)(=O)c1ccccc1. The van der Waals surface area contributed by atoms with Crippen molar-refractivity contribution in [3.8, 4) is 0 Å². The summed E-state index contributed by atoms with van der Waals surface area (Å²) in [6.07, 6.45) is 4.38. The van der Waals surface area contributed by atoms with Gasteiger partial charge in [0.2, 0.25) is 11.8 Å². The first-order valence-electron chi connectivity index (χ1n) is 14.1. The third kappa shape index (κ3) is 7.49. The molecule has 0 saturated heterocycles. The minimum atomic E-state index is -4.13. The first-order valence-corrected chi connectivity index (χ1v) is 15.9. The van der Waals surface area contributed by atoms with E-state index in [1.165, 1.54) is 17.0 Å². The fourth-order valence-electron chi connectivity index (χ4n) is 5.43. The van der Waals surface area contributed by atoms with Crippen molar-refractivity contribution in [2.24, 2.45) is 0 Å². The molecule has 2 amide bonds. The molecule has 41 heavy (non-hydrogen) atoms. The van der Waals surface area contributed by atoms with Gasteiger partial charge in [0.1, 0.15) is 12.6 Å². The van der Waals surface area contributed by atoms with Crippen molar-refractivity contribution in [3.63, 3.8) is 0 Å². The highest BCUT2D eigenvalue weighted by Crippen LogP contribution is 2.29. The number of carbonyl (C=O) groups excluding carboxylic acids is 2. The van der Waals surface area contributed by atoms with E-state index in [9.17, 15) is 18.0 Å². The van der Waals surface area contributed by atoms with Crippen molar-refractivity contribution in [2.75, 3.05) is 10.8 Å². The Labute approximate surface area is 248 Å². The number of rotatable bonds is 11. The van der Waals surface area contributed by atoms with Crippen LogP contribution in [0.4, 0.5) is 5.69 Å². The predicted octanol–water partition coefficient (Wildman–Crippen LogP) is 6.02. The highest BCUT2D eigenvalue weighted by atomic mass is 35.5. The number of benzene rings is 3. The first kappa shape index (κ1) is 30.6. The monoisotopic (exact) mass is 595 g/mol. The summed E-state index contributed by atoms with van der Waals surface area (Å²) in [5, 5.41) is 3.60. The van der Waals surface area contributed by atoms with Gasteiger partial charge in [-0.15, -0.1) is 0 Å². The molecule has 1 saturated carbocycles. The molecule has 1 atom stereocenters. The Morgan fingerprint density at radius 2 is 1.68 bits per heavy atom. The van der Waals surface area contributed by atoms with E-state index in [-0.39, 0.29) is 23.4 Å². The van der Waals surface area contributed by atoms with Crippen molar-refractivity contribution in [2.45, 2.75) is 76.4 Å². The number of hydrogen-bond acceptors (Lipinski definition) is 4. The second kappa shape index (κ2) is 13.5. The second-order valence-electron chi connectivity index (χ2n) is 10.7. The van der Waals surface area contributed by atoms with E-state index < -0.39 is 28.5 Å². The second-order valence-corrected chi connectivity index (χ2v) is 13.0. The molecule has 1 fully saturated rings. The number of nitrogens with zero attached hydrogens (tertiary/aromatic N) is 2. The van der Waals surface area contributed by atoms with Gasteiger partial charge in [0.25, 0.3) is 10.0 Å². The van der Waals surface area contributed by atoms with Crippen LogP contribution in [-0.4, -0.2) is 43.8 Å². The van der Waals surface area contributed by atoms with Crippen molar-refractivity contribution in [1.29, 1.82) is 0 Å². The number of halogens is 1. The predicted molar refractivity (Wildman–Crippen MR) is 163 cm³/mol. The number of nitrogens with one attached hydrogen (secondary N) is 1. The average molecular weight is 596 g/mol. The minimum absolute atomic E-state index is 0.0680. The van der Waals surface area contributed by atoms with Gasteiger partial charge < -0.3 is 10.2 Å². The van der Waals surface area contributed by atoms with Crippen molar-refractivity contribution >= 4 is 39.1 Å². The summed E-state index contributed by atoms with van der Waals surface area (Å²) in [7, 11) is -4.13. The third-order valence-electron chi connectivity index (χ3n) is 7.56. The molecule has 3 aromatic carbocycles. The number of amides is 2. The van der Waals surface area contributed by atoms with Gasteiger partial charge in [-0.05, 0) is 74.6 Å². The molecule has 0 heterocycles. The van der Waals surface area contributed by atoms with Crippen molar-refractivity contribution in [3.05, 3.63) is 94.5 Å². The van der Waals surface area contributed by atoms with Crippen LogP contribution in [0.25, 0.3) is 0 Å². The molecule has 0 unspecified atom stereocenters. The standard InChI is InChI=1S/C32H38ClN3O4S/c1-4-29(32(38)34-27-13-8-9-14-27)35(21-25-12-10-11-23(2)19-25)31(37)22-36(30-18-17-26(33)20-24(30)3)41(39,40)28-15-6-5-7-16-28/h5-7,10-12,15-20,27,29H,4,8-9,13-14,21-22H2,1-3H3,(H,34,38)/t29-/m0/s1. The van der Waals surface area contributed by atoms with Crippen LogP contribution in [0.2, 0.25) is 5.02 Å². The molecule has 0 aromatic heterocycles. The molecule has 218 valence electrons. The van der Waals surface area contributed by atoms with Crippen LogP contribution in [0.15, 0.2) is 77.7 Å². The number of hydrogen-bond donors (Lipinski definition) is 1. The number of aryl methyl sites for hydroxylation is 2.